The van der Waals surface area contributed by atoms with Crippen molar-refractivity contribution in [3.63, 3.8) is 0 Å². The molecule has 5 nitrogen and oxygen atoms in total. The van der Waals surface area contributed by atoms with Gasteiger partial charge in [0.1, 0.15) is 0 Å². The molecule has 0 radical (unpaired) electrons. The summed E-state index contributed by atoms with van der Waals surface area (Å²) in [4.78, 5) is 29.3. The first kappa shape index (κ1) is 16.8. The molecule has 2 N–H and O–H groups in total. The molecule has 28 heavy (non-hydrogen) atoms. The average Bonchev–Trinajstić information content (AvgIpc) is 3.04. The molecule has 5 rings (SSSR count). The van der Waals surface area contributed by atoms with Gasteiger partial charge in [0.05, 0.1) is 6.04 Å². The van der Waals surface area contributed by atoms with Crippen LogP contribution in [0.15, 0.2) is 71.7 Å². The molecule has 140 valence electrons. The first-order valence-electron chi connectivity index (χ1n) is 9.65. The first-order valence-corrected chi connectivity index (χ1v) is 9.65. The van der Waals surface area contributed by atoms with Crippen molar-refractivity contribution >= 4 is 11.7 Å². The highest BCUT2D eigenvalue weighted by Crippen LogP contribution is 2.43. The number of benzene rings is 2. The van der Waals surface area contributed by atoms with Gasteiger partial charge in [0.15, 0.2) is 0 Å². The summed E-state index contributed by atoms with van der Waals surface area (Å²) in [7, 11) is 0. The average molecular weight is 371 g/mol. The van der Waals surface area contributed by atoms with Gasteiger partial charge in [-0.2, -0.15) is 0 Å². The number of fused-ring (bicyclic) bond motifs is 4. The second-order valence-corrected chi connectivity index (χ2v) is 7.51. The summed E-state index contributed by atoms with van der Waals surface area (Å²) in [6.45, 7) is 0. The van der Waals surface area contributed by atoms with E-state index in [2.05, 4.69) is 22.4 Å². The van der Waals surface area contributed by atoms with Crippen LogP contribution in [0.4, 0.5) is 10.5 Å². The number of aromatic amines is 1. The maximum absolute atomic E-state index is 13.0. The minimum absolute atomic E-state index is 0.0363. The van der Waals surface area contributed by atoms with E-state index in [0.717, 1.165) is 47.2 Å². The normalized spacial score (nSPS) is 19.9. The SMILES string of the molecule is O=C(Nc1ccc(-c2ccccc2)cc1)N1C2CCC1c1c[nH]c(=O)cc1C2. The van der Waals surface area contributed by atoms with Gasteiger partial charge in [0, 0.05) is 24.0 Å². The van der Waals surface area contributed by atoms with Crippen molar-refractivity contribution in [2.24, 2.45) is 0 Å². The predicted molar refractivity (Wildman–Crippen MR) is 109 cm³/mol. The molecule has 2 unspecified atom stereocenters. The Hall–Kier alpha value is -3.34. The van der Waals surface area contributed by atoms with Crippen LogP contribution in [0.25, 0.3) is 11.1 Å². The van der Waals surface area contributed by atoms with Gasteiger partial charge in [-0.05, 0) is 53.6 Å². The standard InChI is InChI=1S/C23H21N3O2/c27-22-13-17-12-19-10-11-21(20(17)14-24-22)26(19)23(28)25-18-8-6-16(7-9-18)15-4-2-1-3-5-15/h1-9,13-14,19,21H,10-12H2,(H,24,27)(H,25,28). The Bertz CT molecular complexity index is 1070. The summed E-state index contributed by atoms with van der Waals surface area (Å²) >= 11 is 0. The van der Waals surface area contributed by atoms with Crippen molar-refractivity contribution in [1.29, 1.82) is 0 Å². The third kappa shape index (κ3) is 2.89. The third-order valence-electron chi connectivity index (χ3n) is 5.84. The minimum Gasteiger partial charge on any atom is -0.329 e. The molecule has 0 saturated carbocycles. The van der Waals surface area contributed by atoms with Gasteiger partial charge in [-0.15, -0.1) is 0 Å². The van der Waals surface area contributed by atoms with Gasteiger partial charge in [-0.25, -0.2) is 4.79 Å². The van der Waals surface area contributed by atoms with Crippen molar-refractivity contribution in [3.8, 4) is 11.1 Å². The van der Waals surface area contributed by atoms with Gasteiger partial charge in [0.2, 0.25) is 5.56 Å². The Morgan fingerprint density at radius 2 is 1.75 bits per heavy atom. The molecule has 3 aromatic rings. The van der Waals surface area contributed by atoms with Crippen LogP contribution >= 0.6 is 0 Å². The van der Waals surface area contributed by atoms with E-state index in [0.29, 0.717) is 0 Å². The molecule has 0 spiro atoms. The number of hydrogen-bond donors (Lipinski definition) is 2. The van der Waals surface area contributed by atoms with Crippen LogP contribution in [0, 0.1) is 0 Å². The van der Waals surface area contributed by atoms with Crippen LogP contribution < -0.4 is 10.9 Å². The molecular weight excluding hydrogens is 350 g/mol. The summed E-state index contributed by atoms with van der Waals surface area (Å²) < 4.78 is 0. The third-order valence-corrected chi connectivity index (χ3v) is 5.84. The van der Waals surface area contributed by atoms with Gasteiger partial charge < -0.3 is 15.2 Å². The molecule has 1 fully saturated rings. The predicted octanol–water partition coefficient (Wildman–Crippen LogP) is 4.34. The van der Waals surface area contributed by atoms with Crippen molar-refractivity contribution in [2.75, 3.05) is 5.32 Å². The molecule has 1 saturated heterocycles. The van der Waals surface area contributed by atoms with Crippen LogP contribution in [-0.2, 0) is 6.42 Å². The summed E-state index contributed by atoms with van der Waals surface area (Å²) in [5.41, 5.74) is 5.14. The van der Waals surface area contributed by atoms with Crippen LogP contribution in [0.1, 0.15) is 30.0 Å². The van der Waals surface area contributed by atoms with Gasteiger partial charge in [-0.3, -0.25) is 4.79 Å². The molecule has 5 heteroatoms. The Balaban J connectivity index is 1.35. The first-order chi connectivity index (χ1) is 13.7. The van der Waals surface area contributed by atoms with E-state index in [9.17, 15) is 9.59 Å². The van der Waals surface area contributed by atoms with E-state index in [1.807, 2.05) is 47.4 Å². The van der Waals surface area contributed by atoms with Crippen LogP contribution in [0.3, 0.4) is 0 Å². The number of rotatable bonds is 2. The van der Waals surface area contributed by atoms with E-state index in [4.69, 9.17) is 0 Å². The Morgan fingerprint density at radius 1 is 1.00 bits per heavy atom. The molecule has 2 aliphatic heterocycles. The topological polar surface area (TPSA) is 65.2 Å². The number of pyridine rings is 1. The quantitative estimate of drug-likeness (QED) is 0.704. The van der Waals surface area contributed by atoms with E-state index in [1.54, 1.807) is 12.3 Å². The number of carbonyl (C=O) groups is 1. The maximum Gasteiger partial charge on any atom is 0.322 e. The van der Waals surface area contributed by atoms with Crippen molar-refractivity contribution in [3.05, 3.63) is 88.3 Å². The number of anilines is 1. The van der Waals surface area contributed by atoms with Crippen molar-refractivity contribution in [2.45, 2.75) is 31.3 Å². The van der Waals surface area contributed by atoms with Crippen molar-refractivity contribution in [1.82, 2.24) is 9.88 Å². The fourth-order valence-corrected chi connectivity index (χ4v) is 4.53. The monoisotopic (exact) mass is 371 g/mol. The fraction of sp³-hybridized carbons (Fsp3) is 0.217. The van der Waals surface area contributed by atoms with E-state index < -0.39 is 0 Å². The molecule has 0 aliphatic carbocycles. The van der Waals surface area contributed by atoms with Crippen molar-refractivity contribution < 1.29 is 4.79 Å². The zero-order valence-electron chi connectivity index (χ0n) is 15.4. The fourth-order valence-electron chi connectivity index (χ4n) is 4.53. The van der Waals surface area contributed by atoms with E-state index in [-0.39, 0.29) is 23.7 Å². The Labute approximate surface area is 163 Å². The van der Waals surface area contributed by atoms with Crippen LogP contribution in [-0.4, -0.2) is 22.0 Å². The highest BCUT2D eigenvalue weighted by atomic mass is 16.2. The Kier molecular flexibility index (Phi) is 4.01. The molecular formula is C23H21N3O2. The zero-order valence-corrected chi connectivity index (χ0v) is 15.4. The molecule has 2 atom stereocenters. The smallest absolute Gasteiger partial charge is 0.322 e. The zero-order chi connectivity index (χ0) is 19.1. The largest absolute Gasteiger partial charge is 0.329 e. The Morgan fingerprint density at radius 3 is 2.54 bits per heavy atom. The number of hydrogen-bond acceptors (Lipinski definition) is 2. The summed E-state index contributed by atoms with van der Waals surface area (Å²) in [5.74, 6) is 0. The number of aromatic nitrogens is 1. The maximum atomic E-state index is 13.0. The lowest BCUT2D eigenvalue weighted by atomic mass is 9.95. The second-order valence-electron chi connectivity index (χ2n) is 7.51. The lowest BCUT2D eigenvalue weighted by molar-refractivity contribution is 0.179. The second kappa shape index (κ2) is 6.68. The van der Waals surface area contributed by atoms with Crippen LogP contribution in [0.2, 0.25) is 0 Å². The highest BCUT2D eigenvalue weighted by molar-refractivity contribution is 5.90. The molecule has 2 bridgehead atoms. The molecule has 1 aromatic heterocycles. The lowest BCUT2D eigenvalue weighted by Gasteiger charge is -2.36. The lowest BCUT2D eigenvalue weighted by Crippen LogP contribution is -2.44. The highest BCUT2D eigenvalue weighted by Gasteiger charge is 2.42. The number of urea groups is 1. The van der Waals surface area contributed by atoms with Gasteiger partial charge >= 0.3 is 6.03 Å². The molecule has 2 aromatic carbocycles. The molecule has 2 amide bonds. The summed E-state index contributed by atoms with van der Waals surface area (Å²) in [5, 5.41) is 3.05. The summed E-state index contributed by atoms with van der Waals surface area (Å²) in [6.07, 6.45) is 4.42. The van der Waals surface area contributed by atoms with Gasteiger partial charge in [0.25, 0.3) is 0 Å². The number of nitrogens with zero attached hydrogens (tertiary/aromatic N) is 1. The molecule has 3 heterocycles. The molecule has 2 aliphatic rings. The van der Waals surface area contributed by atoms with E-state index >= 15 is 0 Å². The van der Waals surface area contributed by atoms with E-state index in [1.165, 1.54) is 0 Å². The number of carbonyl (C=O) groups excluding carboxylic acids is 1. The summed E-state index contributed by atoms with van der Waals surface area (Å²) in [6, 6.07) is 19.9. The van der Waals surface area contributed by atoms with Gasteiger partial charge in [-0.1, -0.05) is 42.5 Å². The number of nitrogens with one attached hydrogen (secondary N) is 2. The van der Waals surface area contributed by atoms with Crippen LogP contribution in [0.5, 0.6) is 0 Å². The minimum atomic E-state index is -0.0745. The number of amides is 2. The number of H-pyrrole nitrogens is 1.